The fourth-order valence-electron chi connectivity index (χ4n) is 3.18. The predicted octanol–water partition coefficient (Wildman–Crippen LogP) is 3.41. The molecule has 1 N–H and O–H groups in total. The van der Waals surface area contributed by atoms with E-state index in [2.05, 4.69) is 40.0 Å². The summed E-state index contributed by atoms with van der Waals surface area (Å²) < 4.78 is 1.94. The summed E-state index contributed by atoms with van der Waals surface area (Å²) >= 11 is 1.38. The third kappa shape index (κ3) is 4.27. The molecular weight excluding hydrogens is 346 g/mol. The predicted molar refractivity (Wildman–Crippen MR) is 107 cm³/mol. The number of aryl methyl sites for hydroxylation is 2. The van der Waals surface area contributed by atoms with Gasteiger partial charge in [0.25, 0.3) is 0 Å². The number of anilines is 2. The summed E-state index contributed by atoms with van der Waals surface area (Å²) in [6, 6.07) is 6.13. The highest BCUT2D eigenvalue weighted by atomic mass is 32.2. The van der Waals surface area contributed by atoms with Gasteiger partial charge in [0.15, 0.2) is 5.16 Å². The van der Waals surface area contributed by atoms with Gasteiger partial charge in [0.05, 0.1) is 5.75 Å². The van der Waals surface area contributed by atoms with Crippen molar-refractivity contribution in [2.45, 2.75) is 38.4 Å². The van der Waals surface area contributed by atoms with Gasteiger partial charge in [-0.15, -0.1) is 16.8 Å². The Balaban J connectivity index is 1.58. The maximum atomic E-state index is 12.3. The second kappa shape index (κ2) is 8.40. The summed E-state index contributed by atoms with van der Waals surface area (Å²) in [5, 5.41) is 11.9. The number of carbonyl (C=O) groups excluding carboxylic acids is 1. The molecule has 2 heterocycles. The molecule has 0 radical (unpaired) electrons. The second-order valence-corrected chi connectivity index (χ2v) is 7.40. The number of benzene rings is 1. The summed E-state index contributed by atoms with van der Waals surface area (Å²) in [6.07, 6.45) is 4.31. The number of hydrogen-bond acceptors (Lipinski definition) is 5. The Kier molecular flexibility index (Phi) is 5.98. The van der Waals surface area contributed by atoms with Crippen molar-refractivity contribution in [3.05, 3.63) is 42.2 Å². The highest BCUT2D eigenvalue weighted by Crippen LogP contribution is 2.27. The molecule has 0 bridgehead atoms. The maximum Gasteiger partial charge on any atom is 0.234 e. The standard InChI is InChI=1S/C19H25N5OS/c1-4-9-24-15(3)21-22-19(24)26-13-18(25)20-16-7-8-17(14(2)12-16)23-10-5-6-11-23/h4,7-8,12H,1,5-6,9-11,13H2,2-3H3,(H,20,25). The molecule has 3 rings (SSSR count). The van der Waals surface area contributed by atoms with E-state index in [0.29, 0.717) is 12.3 Å². The minimum absolute atomic E-state index is 0.0471. The number of thioether (sulfide) groups is 1. The van der Waals surface area contributed by atoms with Crippen molar-refractivity contribution in [1.29, 1.82) is 0 Å². The van der Waals surface area contributed by atoms with Crippen molar-refractivity contribution in [3.8, 4) is 0 Å². The zero-order valence-electron chi connectivity index (χ0n) is 15.4. The van der Waals surface area contributed by atoms with Crippen LogP contribution in [0.2, 0.25) is 0 Å². The van der Waals surface area contributed by atoms with E-state index >= 15 is 0 Å². The number of rotatable bonds is 7. The van der Waals surface area contributed by atoms with Crippen molar-refractivity contribution in [3.63, 3.8) is 0 Å². The number of aromatic nitrogens is 3. The first-order valence-corrected chi connectivity index (χ1v) is 9.86. The fraction of sp³-hybridized carbons (Fsp3) is 0.421. The second-order valence-electron chi connectivity index (χ2n) is 6.46. The molecule has 1 fully saturated rings. The smallest absolute Gasteiger partial charge is 0.234 e. The van der Waals surface area contributed by atoms with E-state index in [9.17, 15) is 4.79 Å². The molecule has 1 saturated heterocycles. The molecule has 0 unspecified atom stereocenters. The molecule has 6 nitrogen and oxygen atoms in total. The van der Waals surface area contributed by atoms with Gasteiger partial charge in [0.1, 0.15) is 5.82 Å². The number of allylic oxidation sites excluding steroid dienone is 1. The molecule has 1 aliphatic rings. The van der Waals surface area contributed by atoms with E-state index in [0.717, 1.165) is 29.8 Å². The lowest BCUT2D eigenvalue weighted by molar-refractivity contribution is -0.113. The molecule has 2 aromatic rings. The van der Waals surface area contributed by atoms with Gasteiger partial charge in [-0.2, -0.15) is 0 Å². The van der Waals surface area contributed by atoms with Gasteiger partial charge in [-0.3, -0.25) is 4.79 Å². The highest BCUT2D eigenvalue weighted by molar-refractivity contribution is 7.99. The van der Waals surface area contributed by atoms with E-state index < -0.39 is 0 Å². The Morgan fingerprint density at radius 2 is 2.08 bits per heavy atom. The Bertz CT molecular complexity index is 795. The van der Waals surface area contributed by atoms with Gasteiger partial charge in [0, 0.05) is 31.0 Å². The van der Waals surface area contributed by atoms with Crippen molar-refractivity contribution in [1.82, 2.24) is 14.8 Å². The fourth-order valence-corrected chi connectivity index (χ4v) is 3.97. The SMILES string of the molecule is C=CCn1c(C)nnc1SCC(=O)Nc1ccc(N2CCCC2)c(C)c1. The summed E-state index contributed by atoms with van der Waals surface area (Å²) in [7, 11) is 0. The van der Waals surface area contributed by atoms with Crippen LogP contribution in [0.25, 0.3) is 0 Å². The van der Waals surface area contributed by atoms with Crippen LogP contribution in [-0.2, 0) is 11.3 Å². The van der Waals surface area contributed by atoms with Crippen LogP contribution in [0.4, 0.5) is 11.4 Å². The van der Waals surface area contributed by atoms with Gasteiger partial charge in [-0.25, -0.2) is 0 Å². The quantitative estimate of drug-likeness (QED) is 0.597. The van der Waals surface area contributed by atoms with Crippen LogP contribution in [0.1, 0.15) is 24.2 Å². The molecule has 0 spiro atoms. The molecule has 7 heteroatoms. The average Bonchev–Trinajstić information content (AvgIpc) is 3.25. The van der Waals surface area contributed by atoms with Crippen molar-refractivity contribution in [2.24, 2.45) is 0 Å². The van der Waals surface area contributed by atoms with E-state index in [4.69, 9.17) is 0 Å². The number of nitrogens with zero attached hydrogens (tertiary/aromatic N) is 4. The lowest BCUT2D eigenvalue weighted by Crippen LogP contribution is -2.19. The topological polar surface area (TPSA) is 63.1 Å². The molecule has 0 atom stereocenters. The zero-order chi connectivity index (χ0) is 18.5. The van der Waals surface area contributed by atoms with Crippen LogP contribution >= 0.6 is 11.8 Å². The molecule has 26 heavy (non-hydrogen) atoms. The van der Waals surface area contributed by atoms with E-state index in [1.54, 1.807) is 6.08 Å². The molecule has 0 saturated carbocycles. The monoisotopic (exact) mass is 371 g/mol. The molecule has 1 amide bonds. The minimum atomic E-state index is -0.0471. The zero-order valence-corrected chi connectivity index (χ0v) is 16.2. The number of hydrogen-bond donors (Lipinski definition) is 1. The number of carbonyl (C=O) groups is 1. The molecule has 1 aliphatic heterocycles. The largest absolute Gasteiger partial charge is 0.371 e. The lowest BCUT2D eigenvalue weighted by atomic mass is 10.1. The number of nitrogens with one attached hydrogen (secondary N) is 1. The van der Waals surface area contributed by atoms with Crippen LogP contribution in [0.3, 0.4) is 0 Å². The van der Waals surface area contributed by atoms with E-state index in [-0.39, 0.29) is 5.91 Å². The molecular formula is C19H25N5OS. The maximum absolute atomic E-state index is 12.3. The van der Waals surface area contributed by atoms with Crippen LogP contribution in [0, 0.1) is 13.8 Å². The van der Waals surface area contributed by atoms with Crippen LogP contribution in [0.15, 0.2) is 36.0 Å². The van der Waals surface area contributed by atoms with Crippen molar-refractivity contribution < 1.29 is 4.79 Å². The summed E-state index contributed by atoms with van der Waals surface area (Å²) in [5.74, 6) is 1.07. The minimum Gasteiger partial charge on any atom is -0.371 e. The van der Waals surface area contributed by atoms with Gasteiger partial charge in [-0.05, 0) is 50.5 Å². The van der Waals surface area contributed by atoms with E-state index in [1.165, 1.54) is 35.9 Å². The Morgan fingerprint density at radius 3 is 2.77 bits per heavy atom. The Labute approximate surface area is 158 Å². The summed E-state index contributed by atoms with van der Waals surface area (Å²) in [6.45, 7) is 10.6. The first-order chi connectivity index (χ1) is 12.6. The normalized spacial score (nSPS) is 13.8. The summed E-state index contributed by atoms with van der Waals surface area (Å²) in [5.41, 5.74) is 3.29. The average molecular weight is 372 g/mol. The number of amides is 1. The molecule has 1 aromatic carbocycles. The first-order valence-electron chi connectivity index (χ1n) is 8.87. The summed E-state index contributed by atoms with van der Waals surface area (Å²) in [4.78, 5) is 14.7. The van der Waals surface area contributed by atoms with Crippen LogP contribution in [-0.4, -0.2) is 39.5 Å². The molecule has 0 aliphatic carbocycles. The van der Waals surface area contributed by atoms with Crippen LogP contribution < -0.4 is 10.2 Å². The van der Waals surface area contributed by atoms with E-state index in [1.807, 2.05) is 23.6 Å². The third-order valence-electron chi connectivity index (χ3n) is 4.47. The van der Waals surface area contributed by atoms with Gasteiger partial charge < -0.3 is 14.8 Å². The highest BCUT2D eigenvalue weighted by Gasteiger charge is 2.15. The Morgan fingerprint density at radius 1 is 1.31 bits per heavy atom. The van der Waals surface area contributed by atoms with Gasteiger partial charge in [0.2, 0.25) is 5.91 Å². The van der Waals surface area contributed by atoms with Crippen LogP contribution in [0.5, 0.6) is 0 Å². The third-order valence-corrected chi connectivity index (χ3v) is 5.44. The van der Waals surface area contributed by atoms with Gasteiger partial charge >= 0.3 is 0 Å². The van der Waals surface area contributed by atoms with Crippen molar-refractivity contribution >= 4 is 29.0 Å². The molecule has 1 aromatic heterocycles. The molecule has 138 valence electrons. The first kappa shape index (κ1) is 18.5. The van der Waals surface area contributed by atoms with Crippen molar-refractivity contribution in [2.75, 3.05) is 29.1 Å². The Hall–Kier alpha value is -2.28. The lowest BCUT2D eigenvalue weighted by Gasteiger charge is -2.20. The van der Waals surface area contributed by atoms with Gasteiger partial charge in [-0.1, -0.05) is 17.8 Å².